The van der Waals surface area contributed by atoms with Crippen molar-refractivity contribution in [3.05, 3.63) is 89.2 Å². The molecule has 0 aliphatic carbocycles. The summed E-state index contributed by atoms with van der Waals surface area (Å²) in [7, 11) is 0. The Balaban J connectivity index is 1.56. The fraction of sp³-hybridized carbons (Fsp3) is 0.269. The molecule has 0 radical (unpaired) electrons. The second-order valence-corrected chi connectivity index (χ2v) is 8.98. The van der Waals surface area contributed by atoms with Gasteiger partial charge in [0.25, 0.3) is 5.91 Å². The average molecular weight is 445 g/mol. The average Bonchev–Trinajstić information content (AvgIpc) is 3.16. The van der Waals surface area contributed by atoms with E-state index in [1.165, 1.54) is 11.1 Å². The number of fused-ring (bicyclic) bond motifs is 1. The van der Waals surface area contributed by atoms with Gasteiger partial charge in [-0.3, -0.25) is 9.78 Å². The highest BCUT2D eigenvalue weighted by Gasteiger charge is 2.14. The maximum Gasteiger partial charge on any atom is 0.251 e. The molecular formula is C26H28N4OS. The van der Waals surface area contributed by atoms with Gasteiger partial charge in [0.15, 0.2) is 5.16 Å². The highest BCUT2D eigenvalue weighted by Crippen LogP contribution is 2.28. The molecule has 6 heteroatoms. The Morgan fingerprint density at radius 1 is 1.12 bits per heavy atom. The normalized spacial score (nSPS) is 12.1. The quantitative estimate of drug-likeness (QED) is 0.359. The zero-order valence-electron chi connectivity index (χ0n) is 18.7. The van der Waals surface area contributed by atoms with Crippen molar-refractivity contribution in [1.82, 2.24) is 19.9 Å². The van der Waals surface area contributed by atoms with E-state index in [0.29, 0.717) is 12.1 Å². The largest absolute Gasteiger partial charge is 0.350 e. The second kappa shape index (κ2) is 10.0. The van der Waals surface area contributed by atoms with Gasteiger partial charge in [-0.15, -0.1) is 0 Å². The minimum atomic E-state index is -0.0299. The summed E-state index contributed by atoms with van der Waals surface area (Å²) in [5.74, 6) is 0.829. The molecule has 164 valence electrons. The van der Waals surface area contributed by atoms with E-state index in [1.807, 2.05) is 43.5 Å². The molecule has 0 saturated carbocycles. The third-order valence-electron chi connectivity index (χ3n) is 5.68. The third-order valence-corrected chi connectivity index (χ3v) is 6.71. The van der Waals surface area contributed by atoms with Crippen LogP contribution in [-0.4, -0.2) is 26.5 Å². The number of benzene rings is 2. The molecule has 1 unspecified atom stereocenters. The summed E-state index contributed by atoms with van der Waals surface area (Å²) < 4.78 is 2.21. The molecule has 5 nitrogen and oxygen atoms in total. The number of aryl methyl sites for hydroxylation is 1. The van der Waals surface area contributed by atoms with Gasteiger partial charge in [-0.25, -0.2) is 4.98 Å². The molecule has 4 aromatic rings. The lowest BCUT2D eigenvalue weighted by atomic mass is 10.1. The molecule has 0 fully saturated rings. The summed E-state index contributed by atoms with van der Waals surface area (Å²) in [6.45, 7) is 6.89. The molecule has 4 rings (SSSR count). The Morgan fingerprint density at radius 2 is 1.91 bits per heavy atom. The summed E-state index contributed by atoms with van der Waals surface area (Å²) in [6.07, 6.45) is 4.56. The van der Waals surface area contributed by atoms with Crippen LogP contribution in [0.3, 0.4) is 0 Å². The third kappa shape index (κ3) is 5.02. The van der Waals surface area contributed by atoms with Crippen LogP contribution in [0.15, 0.2) is 72.1 Å². The van der Waals surface area contributed by atoms with E-state index in [-0.39, 0.29) is 11.9 Å². The molecule has 0 saturated heterocycles. The lowest BCUT2D eigenvalue weighted by Crippen LogP contribution is -2.31. The maximum absolute atomic E-state index is 12.4. The Morgan fingerprint density at radius 3 is 2.66 bits per heavy atom. The van der Waals surface area contributed by atoms with E-state index in [0.717, 1.165) is 33.9 Å². The van der Waals surface area contributed by atoms with Crippen molar-refractivity contribution < 1.29 is 4.79 Å². The van der Waals surface area contributed by atoms with Crippen LogP contribution in [0.5, 0.6) is 0 Å². The van der Waals surface area contributed by atoms with Crippen LogP contribution in [0, 0.1) is 6.92 Å². The SMILES string of the molecule is CCC(C)NC(=O)c1ccc(Cn2c(SCc3ccccc3C)nc3ccncc32)cc1. The Kier molecular flexibility index (Phi) is 6.90. The van der Waals surface area contributed by atoms with Crippen molar-refractivity contribution in [2.75, 3.05) is 0 Å². The Bertz CT molecular complexity index is 1220. The smallest absolute Gasteiger partial charge is 0.251 e. The topological polar surface area (TPSA) is 59.8 Å². The molecule has 1 amide bonds. The Hall–Kier alpha value is -3.12. The predicted molar refractivity (Wildman–Crippen MR) is 131 cm³/mol. The molecule has 2 aromatic heterocycles. The number of imidazole rings is 1. The standard InChI is InChI=1S/C26H28N4OS/c1-4-19(3)28-25(31)21-11-9-20(10-12-21)16-30-24-15-27-14-13-23(24)29-26(30)32-17-22-8-6-5-7-18(22)2/h5-15,19H,4,16-17H2,1-3H3,(H,28,31). The fourth-order valence-electron chi connectivity index (χ4n) is 3.48. The number of hydrogen-bond donors (Lipinski definition) is 1. The number of nitrogens with zero attached hydrogens (tertiary/aromatic N) is 3. The van der Waals surface area contributed by atoms with Gasteiger partial charge >= 0.3 is 0 Å². The van der Waals surface area contributed by atoms with Crippen molar-refractivity contribution >= 4 is 28.7 Å². The molecule has 0 bridgehead atoms. The Labute approximate surface area is 193 Å². The van der Waals surface area contributed by atoms with Crippen LogP contribution in [0.2, 0.25) is 0 Å². The van der Waals surface area contributed by atoms with Crippen molar-refractivity contribution in [3.63, 3.8) is 0 Å². The van der Waals surface area contributed by atoms with Crippen LogP contribution < -0.4 is 5.32 Å². The number of nitrogens with one attached hydrogen (secondary N) is 1. The first-order valence-corrected chi connectivity index (χ1v) is 11.9. The molecular weight excluding hydrogens is 416 g/mol. The van der Waals surface area contributed by atoms with Gasteiger partial charge in [-0.2, -0.15) is 0 Å². The van der Waals surface area contributed by atoms with Gasteiger partial charge in [-0.1, -0.05) is 55.1 Å². The number of thioether (sulfide) groups is 1. The highest BCUT2D eigenvalue weighted by atomic mass is 32.2. The van der Waals surface area contributed by atoms with Gasteiger partial charge in [-0.05, 0) is 55.2 Å². The minimum absolute atomic E-state index is 0.0299. The van der Waals surface area contributed by atoms with E-state index in [9.17, 15) is 4.79 Å². The first-order chi connectivity index (χ1) is 15.5. The zero-order valence-corrected chi connectivity index (χ0v) is 19.5. The molecule has 1 atom stereocenters. The van der Waals surface area contributed by atoms with Crippen molar-refractivity contribution in [3.8, 4) is 0 Å². The molecule has 0 aliphatic heterocycles. The molecule has 32 heavy (non-hydrogen) atoms. The second-order valence-electron chi connectivity index (χ2n) is 8.04. The molecule has 1 N–H and O–H groups in total. The van der Waals surface area contributed by atoms with Crippen molar-refractivity contribution in [2.24, 2.45) is 0 Å². The van der Waals surface area contributed by atoms with E-state index in [4.69, 9.17) is 4.98 Å². The minimum Gasteiger partial charge on any atom is -0.350 e. The van der Waals surface area contributed by atoms with Crippen LogP contribution >= 0.6 is 11.8 Å². The van der Waals surface area contributed by atoms with Gasteiger partial charge in [0.05, 0.1) is 23.8 Å². The van der Waals surface area contributed by atoms with Gasteiger partial charge < -0.3 is 9.88 Å². The summed E-state index contributed by atoms with van der Waals surface area (Å²) in [6, 6.07) is 18.4. The number of amides is 1. The number of carbonyl (C=O) groups excluding carboxylic acids is 1. The van der Waals surface area contributed by atoms with Gasteiger partial charge in [0, 0.05) is 23.6 Å². The van der Waals surface area contributed by atoms with Crippen LogP contribution in [0.1, 0.15) is 47.3 Å². The van der Waals surface area contributed by atoms with Gasteiger partial charge in [0.2, 0.25) is 0 Å². The van der Waals surface area contributed by atoms with Crippen molar-refractivity contribution in [1.29, 1.82) is 0 Å². The number of carbonyl (C=O) groups is 1. The van der Waals surface area contributed by atoms with Crippen LogP contribution in [-0.2, 0) is 12.3 Å². The van der Waals surface area contributed by atoms with E-state index >= 15 is 0 Å². The molecule has 0 aliphatic rings. The number of hydrogen-bond acceptors (Lipinski definition) is 4. The lowest BCUT2D eigenvalue weighted by Gasteiger charge is -2.12. The first-order valence-electron chi connectivity index (χ1n) is 10.9. The van der Waals surface area contributed by atoms with Crippen molar-refractivity contribution in [2.45, 2.75) is 50.7 Å². The highest BCUT2D eigenvalue weighted by molar-refractivity contribution is 7.98. The molecule has 0 spiro atoms. The van der Waals surface area contributed by atoms with Gasteiger partial charge in [0.1, 0.15) is 0 Å². The summed E-state index contributed by atoms with van der Waals surface area (Å²) in [5.41, 5.74) is 6.35. The summed E-state index contributed by atoms with van der Waals surface area (Å²) >= 11 is 1.74. The number of rotatable bonds is 8. The molecule has 2 aromatic carbocycles. The number of pyridine rings is 1. The number of aromatic nitrogens is 3. The van der Waals surface area contributed by atoms with E-state index in [2.05, 4.69) is 53.0 Å². The summed E-state index contributed by atoms with van der Waals surface area (Å²) in [5, 5.41) is 3.98. The first kappa shape index (κ1) is 22.1. The zero-order chi connectivity index (χ0) is 22.5. The predicted octanol–water partition coefficient (Wildman–Crippen LogP) is 5.61. The summed E-state index contributed by atoms with van der Waals surface area (Å²) in [4.78, 5) is 21.6. The molecule has 2 heterocycles. The van der Waals surface area contributed by atoms with Crippen LogP contribution in [0.4, 0.5) is 0 Å². The monoisotopic (exact) mass is 444 g/mol. The maximum atomic E-state index is 12.4. The lowest BCUT2D eigenvalue weighted by molar-refractivity contribution is 0.0939. The van der Waals surface area contributed by atoms with E-state index < -0.39 is 0 Å². The fourth-order valence-corrected chi connectivity index (χ4v) is 4.57. The van der Waals surface area contributed by atoms with Crippen LogP contribution in [0.25, 0.3) is 11.0 Å². The van der Waals surface area contributed by atoms with E-state index in [1.54, 1.807) is 18.0 Å².